The molecule has 0 atom stereocenters. The van der Waals surface area contributed by atoms with E-state index in [9.17, 15) is 8.78 Å². The van der Waals surface area contributed by atoms with Gasteiger partial charge < -0.3 is 15.1 Å². The fourth-order valence-electron chi connectivity index (χ4n) is 3.94. The minimum Gasteiger partial charge on any atom is -0.327 e. The van der Waals surface area contributed by atoms with Gasteiger partial charge in [0.2, 0.25) is 0 Å². The van der Waals surface area contributed by atoms with Crippen LogP contribution in [0.4, 0.5) is 31.2 Å². The molecular weight excluding hydrogens is 456 g/mol. The number of likely N-dealkylation sites (N-methyl/N-ethyl adjacent to an activating group) is 1. The van der Waals surface area contributed by atoms with Crippen LogP contribution in [0.25, 0.3) is 10.3 Å². The van der Waals surface area contributed by atoms with Gasteiger partial charge in [0.25, 0.3) is 0 Å². The minimum absolute atomic E-state index is 0.248. The number of nitrogens with one attached hydrogen (secondary N) is 1. The summed E-state index contributed by atoms with van der Waals surface area (Å²) in [7, 11) is 3.85. The molecule has 1 fully saturated rings. The van der Waals surface area contributed by atoms with Gasteiger partial charge in [-0.1, -0.05) is 11.3 Å². The molecular formula is C24H25F2N7S. The van der Waals surface area contributed by atoms with Gasteiger partial charge in [0.15, 0.2) is 5.13 Å². The third-order valence-corrected chi connectivity index (χ3v) is 6.80. The molecule has 34 heavy (non-hydrogen) atoms. The first-order valence-corrected chi connectivity index (χ1v) is 11.9. The van der Waals surface area contributed by atoms with Crippen molar-refractivity contribution in [3.63, 3.8) is 0 Å². The molecule has 0 radical (unpaired) electrons. The number of fused-ring (bicyclic) bond motifs is 1. The smallest absolute Gasteiger partial charge is 0.190 e. The van der Waals surface area contributed by atoms with E-state index >= 15 is 0 Å². The second kappa shape index (κ2) is 9.57. The van der Waals surface area contributed by atoms with Gasteiger partial charge in [-0.3, -0.25) is 4.90 Å². The fraction of sp³-hybridized carbons (Fsp3) is 0.292. The Labute approximate surface area is 200 Å². The van der Waals surface area contributed by atoms with Crippen LogP contribution in [0.3, 0.4) is 0 Å². The average molecular weight is 482 g/mol. The lowest BCUT2D eigenvalue weighted by molar-refractivity contribution is 0.148. The Morgan fingerprint density at radius 2 is 1.85 bits per heavy atom. The molecule has 5 rings (SSSR count). The molecule has 1 saturated heterocycles. The summed E-state index contributed by atoms with van der Waals surface area (Å²) in [5, 5.41) is 3.97. The molecule has 0 bridgehead atoms. The Hall–Kier alpha value is -3.21. The zero-order valence-corrected chi connectivity index (χ0v) is 19.8. The van der Waals surface area contributed by atoms with Crippen LogP contribution in [0.5, 0.6) is 0 Å². The molecule has 0 amide bonds. The van der Waals surface area contributed by atoms with Crippen molar-refractivity contribution in [1.29, 1.82) is 0 Å². The quantitative estimate of drug-likeness (QED) is 0.431. The number of benzene rings is 1. The molecule has 3 aromatic heterocycles. The number of aromatic nitrogens is 3. The van der Waals surface area contributed by atoms with Crippen LogP contribution >= 0.6 is 11.3 Å². The highest BCUT2D eigenvalue weighted by atomic mass is 32.1. The summed E-state index contributed by atoms with van der Waals surface area (Å²) >= 11 is 1.40. The van der Waals surface area contributed by atoms with Crippen molar-refractivity contribution in [2.45, 2.75) is 6.54 Å². The molecule has 0 spiro atoms. The molecule has 0 unspecified atom stereocenters. The molecule has 10 heteroatoms. The Kier molecular flexibility index (Phi) is 6.36. The Morgan fingerprint density at radius 1 is 1.03 bits per heavy atom. The lowest BCUT2D eigenvalue weighted by atomic mass is 10.2. The van der Waals surface area contributed by atoms with Crippen LogP contribution in [0.15, 0.2) is 48.7 Å². The van der Waals surface area contributed by atoms with E-state index in [1.54, 1.807) is 18.0 Å². The van der Waals surface area contributed by atoms with Gasteiger partial charge in [-0.2, -0.15) is 0 Å². The van der Waals surface area contributed by atoms with Gasteiger partial charge in [-0.05, 0) is 49.0 Å². The van der Waals surface area contributed by atoms with Gasteiger partial charge in [0, 0.05) is 52.0 Å². The maximum Gasteiger partial charge on any atom is 0.190 e. The molecule has 1 N–H and O–H groups in total. The Bertz CT molecular complexity index is 1300. The molecule has 176 valence electrons. The van der Waals surface area contributed by atoms with Crippen molar-refractivity contribution in [2.24, 2.45) is 0 Å². The van der Waals surface area contributed by atoms with E-state index in [0.29, 0.717) is 15.8 Å². The zero-order chi connectivity index (χ0) is 23.7. The van der Waals surface area contributed by atoms with Crippen LogP contribution in [0.2, 0.25) is 0 Å². The number of halogens is 2. The first kappa shape index (κ1) is 22.6. The van der Waals surface area contributed by atoms with Crippen LogP contribution in [0.1, 0.15) is 5.56 Å². The number of anilines is 4. The van der Waals surface area contributed by atoms with Crippen LogP contribution in [-0.2, 0) is 6.54 Å². The van der Waals surface area contributed by atoms with Crippen LogP contribution in [0, 0.1) is 11.6 Å². The van der Waals surface area contributed by atoms with Crippen molar-refractivity contribution in [3.05, 3.63) is 65.9 Å². The molecule has 1 aliphatic rings. The van der Waals surface area contributed by atoms with E-state index in [0.717, 1.165) is 50.1 Å². The second-order valence-corrected chi connectivity index (χ2v) is 9.40. The van der Waals surface area contributed by atoms with Gasteiger partial charge in [0.05, 0.1) is 5.69 Å². The predicted octanol–water partition coefficient (Wildman–Crippen LogP) is 4.62. The Morgan fingerprint density at radius 3 is 2.65 bits per heavy atom. The third kappa shape index (κ3) is 4.98. The molecule has 4 aromatic rings. The molecule has 1 aromatic carbocycles. The van der Waals surface area contributed by atoms with E-state index in [4.69, 9.17) is 0 Å². The number of hydrogen-bond donors (Lipinski definition) is 1. The highest BCUT2D eigenvalue weighted by Gasteiger charge is 2.16. The normalized spacial score (nSPS) is 15.1. The topological polar surface area (TPSA) is 60.4 Å². The van der Waals surface area contributed by atoms with E-state index in [2.05, 4.69) is 37.1 Å². The predicted molar refractivity (Wildman–Crippen MR) is 132 cm³/mol. The maximum atomic E-state index is 14.2. The van der Waals surface area contributed by atoms with Gasteiger partial charge in [-0.25, -0.2) is 23.7 Å². The number of nitrogens with zero attached hydrogens (tertiary/aromatic N) is 6. The number of pyridine rings is 2. The first-order chi connectivity index (χ1) is 16.4. The number of thiazole rings is 1. The highest BCUT2D eigenvalue weighted by molar-refractivity contribution is 7.21. The van der Waals surface area contributed by atoms with Crippen molar-refractivity contribution < 1.29 is 8.78 Å². The monoisotopic (exact) mass is 481 g/mol. The summed E-state index contributed by atoms with van der Waals surface area (Å²) < 4.78 is 27.5. The summed E-state index contributed by atoms with van der Waals surface area (Å²) in [5.41, 5.74) is 2.18. The van der Waals surface area contributed by atoms with Crippen molar-refractivity contribution in [1.82, 2.24) is 24.8 Å². The maximum absolute atomic E-state index is 14.2. The number of hydrogen-bond acceptors (Lipinski definition) is 8. The van der Waals surface area contributed by atoms with E-state index < -0.39 is 11.6 Å². The van der Waals surface area contributed by atoms with E-state index in [1.807, 2.05) is 24.4 Å². The van der Waals surface area contributed by atoms with Gasteiger partial charge in [-0.15, -0.1) is 0 Å². The highest BCUT2D eigenvalue weighted by Crippen LogP contribution is 2.31. The summed E-state index contributed by atoms with van der Waals surface area (Å²) in [6, 6.07) is 11.2. The molecule has 1 aliphatic heterocycles. The average Bonchev–Trinajstić information content (AvgIpc) is 3.22. The van der Waals surface area contributed by atoms with Crippen LogP contribution in [-0.4, -0.2) is 65.0 Å². The molecule has 0 saturated carbocycles. The molecule has 7 nitrogen and oxygen atoms in total. The summed E-state index contributed by atoms with van der Waals surface area (Å²) in [6.45, 7) is 5.18. The lowest BCUT2D eigenvalue weighted by Gasteiger charge is -2.32. The second-order valence-electron chi connectivity index (χ2n) is 8.42. The number of rotatable bonds is 6. The largest absolute Gasteiger partial charge is 0.327 e. The third-order valence-electron chi connectivity index (χ3n) is 5.92. The Balaban J connectivity index is 1.31. The summed E-state index contributed by atoms with van der Waals surface area (Å²) in [5.74, 6) is 0.0212. The first-order valence-electron chi connectivity index (χ1n) is 11.0. The van der Waals surface area contributed by atoms with Gasteiger partial charge >= 0.3 is 0 Å². The van der Waals surface area contributed by atoms with Crippen molar-refractivity contribution in [3.8, 4) is 0 Å². The number of piperazine rings is 1. The summed E-state index contributed by atoms with van der Waals surface area (Å²) in [6.07, 6.45) is 1.81. The van der Waals surface area contributed by atoms with Crippen molar-refractivity contribution in [2.75, 3.05) is 50.5 Å². The lowest BCUT2D eigenvalue weighted by Crippen LogP contribution is -2.43. The van der Waals surface area contributed by atoms with Crippen LogP contribution < -0.4 is 10.2 Å². The van der Waals surface area contributed by atoms with E-state index in [1.165, 1.54) is 29.0 Å². The minimum atomic E-state index is -0.640. The standard InChI is InChI=1S/C24H25F2N7S/c1-31-9-11-33(12-10-31)15-16-7-8-27-21(13-16)29-24-28-19-4-6-22(30-23(19)34-24)32(2)20-5-3-17(25)14-18(20)26/h3-8,13-14H,9-12,15H2,1-2H3,(H,27,28,29). The zero-order valence-electron chi connectivity index (χ0n) is 19.0. The molecule has 0 aliphatic carbocycles. The fourth-order valence-corrected chi connectivity index (χ4v) is 4.78. The van der Waals surface area contributed by atoms with Crippen molar-refractivity contribution >= 4 is 44.1 Å². The van der Waals surface area contributed by atoms with E-state index in [-0.39, 0.29) is 5.69 Å². The van der Waals surface area contributed by atoms with Gasteiger partial charge in [0.1, 0.15) is 33.6 Å². The summed E-state index contributed by atoms with van der Waals surface area (Å²) in [4.78, 5) is 20.8. The molecule has 4 heterocycles. The SMILES string of the molecule is CN1CCN(Cc2ccnc(Nc3nc4ccc(N(C)c5ccc(F)cc5F)nc4s3)c2)CC1.